The maximum Gasteiger partial charge on any atom is 0.123 e. The van der Waals surface area contributed by atoms with Crippen molar-refractivity contribution in [1.29, 1.82) is 0 Å². The van der Waals surface area contributed by atoms with Crippen LogP contribution in [0.25, 0.3) is 0 Å². The summed E-state index contributed by atoms with van der Waals surface area (Å²) in [5, 5.41) is 20.3. The van der Waals surface area contributed by atoms with Crippen LogP contribution in [0.15, 0.2) is 30.3 Å². The Labute approximate surface area is 111 Å². The van der Waals surface area contributed by atoms with E-state index in [9.17, 15) is 9.50 Å². The second kappa shape index (κ2) is 5.95. The standard InChI is InChI=1S/C14H18FN3O/c1-9-7-13(18-17-9)8-16-10(2)14(19)11-3-5-12(15)6-4-11/h3-7,10,14,16,19H,8H2,1-2H3,(H,17,18). The summed E-state index contributed by atoms with van der Waals surface area (Å²) in [6, 6.07) is 7.69. The van der Waals surface area contributed by atoms with Gasteiger partial charge in [0.05, 0.1) is 11.8 Å². The van der Waals surface area contributed by atoms with E-state index in [1.807, 2.05) is 19.9 Å². The zero-order valence-electron chi connectivity index (χ0n) is 11.0. The lowest BCUT2D eigenvalue weighted by Gasteiger charge is -2.20. The molecule has 2 aromatic rings. The van der Waals surface area contributed by atoms with Crippen molar-refractivity contribution in [1.82, 2.24) is 15.5 Å². The largest absolute Gasteiger partial charge is 0.387 e. The predicted octanol–water partition coefficient (Wildman–Crippen LogP) is 2.07. The summed E-state index contributed by atoms with van der Waals surface area (Å²) in [6.45, 7) is 4.39. The average Bonchev–Trinajstić information content (AvgIpc) is 2.82. The number of nitrogens with one attached hydrogen (secondary N) is 2. The topological polar surface area (TPSA) is 60.9 Å². The van der Waals surface area contributed by atoms with E-state index in [4.69, 9.17) is 0 Å². The minimum atomic E-state index is -0.680. The second-order valence-electron chi connectivity index (χ2n) is 4.71. The van der Waals surface area contributed by atoms with E-state index in [-0.39, 0.29) is 11.9 Å². The number of aryl methyl sites for hydroxylation is 1. The molecule has 0 bridgehead atoms. The summed E-state index contributed by atoms with van der Waals surface area (Å²) >= 11 is 0. The Balaban J connectivity index is 1.92. The van der Waals surface area contributed by atoms with Crippen molar-refractivity contribution in [2.75, 3.05) is 0 Å². The van der Waals surface area contributed by atoms with Crippen LogP contribution in [-0.2, 0) is 6.54 Å². The molecule has 1 aromatic carbocycles. The van der Waals surface area contributed by atoms with Gasteiger partial charge in [-0.15, -0.1) is 0 Å². The van der Waals surface area contributed by atoms with Crippen molar-refractivity contribution in [3.05, 3.63) is 53.1 Å². The van der Waals surface area contributed by atoms with Gasteiger partial charge in [0, 0.05) is 18.3 Å². The Morgan fingerprint density at radius 3 is 2.63 bits per heavy atom. The van der Waals surface area contributed by atoms with Crippen LogP contribution in [0.5, 0.6) is 0 Å². The third kappa shape index (κ3) is 3.62. The van der Waals surface area contributed by atoms with E-state index in [0.29, 0.717) is 12.1 Å². The van der Waals surface area contributed by atoms with Crippen LogP contribution in [0.3, 0.4) is 0 Å². The van der Waals surface area contributed by atoms with Gasteiger partial charge in [-0.3, -0.25) is 5.10 Å². The lowest BCUT2D eigenvalue weighted by atomic mass is 10.0. The molecule has 0 amide bonds. The van der Waals surface area contributed by atoms with E-state index in [1.54, 1.807) is 12.1 Å². The lowest BCUT2D eigenvalue weighted by Crippen LogP contribution is -2.31. The Kier molecular flexibility index (Phi) is 4.29. The van der Waals surface area contributed by atoms with E-state index in [1.165, 1.54) is 12.1 Å². The summed E-state index contributed by atoms with van der Waals surface area (Å²) in [7, 11) is 0. The first-order valence-electron chi connectivity index (χ1n) is 6.24. The number of nitrogens with zero attached hydrogens (tertiary/aromatic N) is 1. The molecule has 3 N–H and O–H groups in total. The number of aromatic amines is 1. The number of halogens is 1. The minimum Gasteiger partial charge on any atom is -0.387 e. The van der Waals surface area contributed by atoms with Gasteiger partial charge >= 0.3 is 0 Å². The number of rotatable bonds is 5. The summed E-state index contributed by atoms with van der Waals surface area (Å²) in [6.07, 6.45) is -0.680. The molecule has 0 radical (unpaired) electrons. The number of hydrogen-bond acceptors (Lipinski definition) is 3. The maximum absolute atomic E-state index is 12.8. The van der Waals surface area contributed by atoms with Gasteiger partial charge in [-0.25, -0.2) is 4.39 Å². The van der Waals surface area contributed by atoms with Crippen LogP contribution in [0.1, 0.15) is 30.0 Å². The second-order valence-corrected chi connectivity index (χ2v) is 4.71. The summed E-state index contributed by atoms with van der Waals surface area (Å²) in [5.74, 6) is -0.302. The number of aliphatic hydroxyl groups is 1. The van der Waals surface area contributed by atoms with Crippen LogP contribution in [0.4, 0.5) is 4.39 Å². The predicted molar refractivity (Wildman–Crippen MR) is 71.0 cm³/mol. The molecule has 2 atom stereocenters. The molecule has 0 saturated carbocycles. The van der Waals surface area contributed by atoms with Crippen LogP contribution in [-0.4, -0.2) is 21.3 Å². The van der Waals surface area contributed by atoms with E-state index >= 15 is 0 Å². The van der Waals surface area contributed by atoms with Crippen LogP contribution in [0.2, 0.25) is 0 Å². The van der Waals surface area contributed by atoms with Gasteiger partial charge in [0.2, 0.25) is 0 Å². The van der Waals surface area contributed by atoms with Crippen LogP contribution >= 0.6 is 0 Å². The molecule has 2 unspecified atom stereocenters. The van der Waals surface area contributed by atoms with Gasteiger partial charge in [-0.05, 0) is 37.6 Å². The van der Waals surface area contributed by atoms with Gasteiger partial charge in [0.25, 0.3) is 0 Å². The molecular weight excluding hydrogens is 245 g/mol. The molecule has 1 aromatic heterocycles. The number of hydrogen-bond donors (Lipinski definition) is 3. The Morgan fingerprint density at radius 1 is 1.37 bits per heavy atom. The van der Waals surface area contributed by atoms with Gasteiger partial charge in [0.1, 0.15) is 5.82 Å². The van der Waals surface area contributed by atoms with Crippen molar-refractivity contribution in [2.24, 2.45) is 0 Å². The fourth-order valence-corrected chi connectivity index (χ4v) is 1.89. The highest BCUT2D eigenvalue weighted by Crippen LogP contribution is 2.17. The Bertz CT molecular complexity index is 524. The third-order valence-corrected chi connectivity index (χ3v) is 3.05. The third-order valence-electron chi connectivity index (χ3n) is 3.05. The smallest absolute Gasteiger partial charge is 0.123 e. The first-order valence-corrected chi connectivity index (χ1v) is 6.24. The van der Waals surface area contributed by atoms with Gasteiger partial charge in [0.15, 0.2) is 0 Å². The highest BCUT2D eigenvalue weighted by molar-refractivity contribution is 5.19. The van der Waals surface area contributed by atoms with Crippen molar-refractivity contribution in [3.63, 3.8) is 0 Å². The highest BCUT2D eigenvalue weighted by Gasteiger charge is 2.16. The molecule has 0 aliphatic rings. The Hall–Kier alpha value is -1.72. The highest BCUT2D eigenvalue weighted by atomic mass is 19.1. The summed E-state index contributed by atoms with van der Waals surface area (Å²) in [5.41, 5.74) is 2.60. The summed E-state index contributed by atoms with van der Waals surface area (Å²) < 4.78 is 12.8. The fourth-order valence-electron chi connectivity index (χ4n) is 1.89. The molecule has 19 heavy (non-hydrogen) atoms. The molecule has 0 spiro atoms. The Morgan fingerprint density at radius 2 is 2.05 bits per heavy atom. The van der Waals surface area contributed by atoms with Crippen molar-refractivity contribution >= 4 is 0 Å². The van der Waals surface area contributed by atoms with Crippen LogP contribution in [0, 0.1) is 12.7 Å². The fraction of sp³-hybridized carbons (Fsp3) is 0.357. The first-order chi connectivity index (χ1) is 9.06. The molecule has 0 saturated heterocycles. The van der Waals surface area contributed by atoms with E-state index < -0.39 is 6.10 Å². The zero-order chi connectivity index (χ0) is 13.8. The molecule has 4 nitrogen and oxygen atoms in total. The number of benzene rings is 1. The van der Waals surface area contributed by atoms with Gasteiger partial charge in [-0.2, -0.15) is 5.10 Å². The number of aromatic nitrogens is 2. The molecule has 2 rings (SSSR count). The number of H-pyrrole nitrogens is 1. The van der Waals surface area contributed by atoms with Gasteiger partial charge < -0.3 is 10.4 Å². The normalized spacial score (nSPS) is 14.3. The molecular formula is C14H18FN3O. The molecule has 0 aliphatic carbocycles. The molecule has 5 heteroatoms. The van der Waals surface area contributed by atoms with Crippen molar-refractivity contribution in [2.45, 2.75) is 32.5 Å². The number of aliphatic hydroxyl groups excluding tert-OH is 1. The summed E-state index contributed by atoms with van der Waals surface area (Å²) in [4.78, 5) is 0. The SMILES string of the molecule is Cc1cc(CNC(C)C(O)c2ccc(F)cc2)n[nH]1. The molecule has 0 fully saturated rings. The average molecular weight is 263 g/mol. The van der Waals surface area contributed by atoms with Crippen LogP contribution < -0.4 is 5.32 Å². The lowest BCUT2D eigenvalue weighted by molar-refractivity contribution is 0.135. The van der Waals surface area contributed by atoms with Crippen molar-refractivity contribution < 1.29 is 9.50 Å². The van der Waals surface area contributed by atoms with Gasteiger partial charge in [-0.1, -0.05) is 12.1 Å². The quantitative estimate of drug-likeness (QED) is 0.774. The molecule has 0 aliphatic heterocycles. The maximum atomic E-state index is 12.8. The zero-order valence-corrected chi connectivity index (χ0v) is 11.0. The molecule has 1 heterocycles. The monoisotopic (exact) mass is 263 g/mol. The first kappa shape index (κ1) is 13.7. The van der Waals surface area contributed by atoms with Crippen molar-refractivity contribution in [3.8, 4) is 0 Å². The molecule has 102 valence electrons. The van der Waals surface area contributed by atoms with E-state index in [2.05, 4.69) is 15.5 Å². The van der Waals surface area contributed by atoms with E-state index in [0.717, 1.165) is 11.4 Å². The minimum absolute atomic E-state index is 0.150.